The van der Waals surface area contributed by atoms with Crippen LogP contribution in [-0.4, -0.2) is 41.8 Å². The third-order valence-corrected chi connectivity index (χ3v) is 7.12. The van der Waals surface area contributed by atoms with Gasteiger partial charge in [0.2, 0.25) is 0 Å². The minimum absolute atomic E-state index is 0.0615. The van der Waals surface area contributed by atoms with E-state index >= 15 is 0 Å². The topological polar surface area (TPSA) is 44.1 Å². The second kappa shape index (κ2) is 9.20. The number of aromatic nitrogens is 1. The normalized spacial score (nSPS) is 20.5. The van der Waals surface area contributed by atoms with Crippen molar-refractivity contribution in [2.24, 2.45) is 20.8 Å². The summed E-state index contributed by atoms with van der Waals surface area (Å²) in [4.78, 5) is 20.2. The van der Waals surface area contributed by atoms with Crippen LogP contribution in [0.3, 0.4) is 0 Å². The summed E-state index contributed by atoms with van der Waals surface area (Å²) < 4.78 is 0. The summed E-state index contributed by atoms with van der Waals surface area (Å²) in [5.41, 5.74) is 4.19. The fourth-order valence-electron chi connectivity index (χ4n) is 4.73. The second-order valence-corrected chi connectivity index (χ2v) is 12.0. The second-order valence-electron chi connectivity index (χ2n) is 12.0. The quantitative estimate of drug-likeness (QED) is 0.432. The lowest BCUT2D eigenvalue weighted by Gasteiger charge is -2.26. The molecule has 0 saturated carbocycles. The fourth-order valence-corrected chi connectivity index (χ4v) is 4.73. The van der Waals surface area contributed by atoms with Crippen LogP contribution in [0, 0.1) is 10.8 Å². The molecule has 3 heterocycles. The lowest BCUT2D eigenvalue weighted by atomic mass is 9.87. The maximum absolute atomic E-state index is 5.21. The zero-order valence-corrected chi connectivity index (χ0v) is 22.3. The van der Waals surface area contributed by atoms with E-state index in [1.54, 1.807) is 0 Å². The molecule has 36 heavy (non-hydrogen) atoms. The lowest BCUT2D eigenvalue weighted by molar-refractivity contribution is 0.337. The highest BCUT2D eigenvalue weighted by Gasteiger charge is 2.37. The van der Waals surface area contributed by atoms with Gasteiger partial charge in [-0.15, -0.1) is 0 Å². The number of rotatable bonds is 4. The van der Waals surface area contributed by atoms with Gasteiger partial charge in [0.25, 0.3) is 0 Å². The molecule has 5 heteroatoms. The van der Waals surface area contributed by atoms with Crippen molar-refractivity contribution < 1.29 is 0 Å². The van der Waals surface area contributed by atoms with Crippen molar-refractivity contribution in [2.75, 3.05) is 22.9 Å². The van der Waals surface area contributed by atoms with Gasteiger partial charge < -0.3 is 9.80 Å². The Morgan fingerprint density at radius 3 is 1.31 bits per heavy atom. The molecule has 5 nitrogen and oxygen atoms in total. The summed E-state index contributed by atoms with van der Waals surface area (Å²) in [7, 11) is 0. The SMILES string of the molecule is CC(C)(C)[C@H]1CN(c2ccccc2)C(c2cccc(C3=N[C@@H](C(C)(C)C)CN3c3ccccc3)n2)=N1. The molecule has 0 N–H and O–H groups in total. The molecule has 5 rings (SSSR count). The molecule has 0 aliphatic carbocycles. The highest BCUT2D eigenvalue weighted by atomic mass is 15.3. The molecule has 0 radical (unpaired) electrons. The van der Waals surface area contributed by atoms with Gasteiger partial charge in [0.15, 0.2) is 11.7 Å². The largest absolute Gasteiger partial charge is 0.323 e. The number of para-hydroxylation sites is 2. The van der Waals surface area contributed by atoms with Crippen molar-refractivity contribution in [3.05, 3.63) is 90.3 Å². The van der Waals surface area contributed by atoms with Crippen molar-refractivity contribution in [1.82, 2.24) is 4.98 Å². The van der Waals surface area contributed by atoms with Gasteiger partial charge in [-0.25, -0.2) is 4.98 Å². The van der Waals surface area contributed by atoms with E-state index in [9.17, 15) is 0 Å². The summed E-state index contributed by atoms with van der Waals surface area (Å²) in [6.45, 7) is 15.2. The molecule has 2 aromatic carbocycles. The van der Waals surface area contributed by atoms with Gasteiger partial charge in [-0.3, -0.25) is 9.98 Å². The molecule has 2 aliphatic heterocycles. The summed E-state index contributed by atoms with van der Waals surface area (Å²) in [6.07, 6.45) is 0. The van der Waals surface area contributed by atoms with Crippen LogP contribution in [0.2, 0.25) is 0 Å². The molecule has 0 spiro atoms. The molecule has 0 amide bonds. The van der Waals surface area contributed by atoms with Crippen molar-refractivity contribution in [3.63, 3.8) is 0 Å². The summed E-state index contributed by atoms with van der Waals surface area (Å²) in [5.74, 6) is 1.86. The van der Waals surface area contributed by atoms with Crippen molar-refractivity contribution in [3.8, 4) is 0 Å². The Bertz CT molecular complexity index is 1170. The Morgan fingerprint density at radius 1 is 0.556 bits per heavy atom. The van der Waals surface area contributed by atoms with E-state index < -0.39 is 0 Å². The maximum atomic E-state index is 5.21. The van der Waals surface area contributed by atoms with E-state index in [0.29, 0.717) is 0 Å². The molecule has 186 valence electrons. The molecule has 2 aliphatic rings. The predicted octanol–water partition coefficient (Wildman–Crippen LogP) is 6.44. The van der Waals surface area contributed by atoms with Gasteiger partial charge in [0.1, 0.15) is 11.4 Å². The van der Waals surface area contributed by atoms with Crippen LogP contribution in [0.1, 0.15) is 52.9 Å². The van der Waals surface area contributed by atoms with Crippen LogP contribution in [0.25, 0.3) is 0 Å². The van der Waals surface area contributed by atoms with E-state index in [1.807, 2.05) is 0 Å². The summed E-state index contributed by atoms with van der Waals surface area (Å²) in [5, 5.41) is 0. The first kappa shape index (κ1) is 24.2. The zero-order valence-electron chi connectivity index (χ0n) is 22.3. The van der Waals surface area contributed by atoms with Gasteiger partial charge in [-0.2, -0.15) is 0 Å². The van der Waals surface area contributed by atoms with Gasteiger partial charge >= 0.3 is 0 Å². The van der Waals surface area contributed by atoms with Crippen LogP contribution < -0.4 is 9.80 Å². The van der Waals surface area contributed by atoms with Crippen LogP contribution in [0.15, 0.2) is 88.8 Å². The van der Waals surface area contributed by atoms with Gasteiger partial charge in [0.05, 0.1) is 12.1 Å². The monoisotopic (exact) mass is 479 g/mol. The first-order valence-electron chi connectivity index (χ1n) is 12.9. The number of hydrogen-bond acceptors (Lipinski definition) is 5. The smallest absolute Gasteiger partial charge is 0.154 e. The third kappa shape index (κ3) is 4.79. The number of pyridine rings is 1. The number of aliphatic imine (C=N–C) groups is 2. The van der Waals surface area contributed by atoms with Crippen molar-refractivity contribution in [1.29, 1.82) is 0 Å². The molecule has 0 unspecified atom stereocenters. The molecule has 0 fully saturated rings. The average molecular weight is 480 g/mol. The Labute approximate surface area is 215 Å². The molecule has 2 atom stereocenters. The van der Waals surface area contributed by atoms with E-state index in [2.05, 4.69) is 130 Å². The standard InChI is InChI=1S/C31H37N5/c1-30(2,3)26-20-35(22-14-9-7-10-15-22)28(33-26)24-18-13-19-25(32-24)29-34-27(31(4,5)6)21-36(29)23-16-11-8-12-17-23/h7-19,26-27H,20-21H2,1-6H3/t26-,27-/m1/s1. The average Bonchev–Trinajstić information content (AvgIpc) is 3.51. The number of benzene rings is 2. The molecule has 1 aromatic heterocycles. The number of nitrogens with zero attached hydrogens (tertiary/aromatic N) is 5. The van der Waals surface area contributed by atoms with Gasteiger partial charge in [0, 0.05) is 24.5 Å². The third-order valence-electron chi connectivity index (χ3n) is 7.12. The predicted molar refractivity (Wildman–Crippen MR) is 151 cm³/mol. The van der Waals surface area contributed by atoms with Crippen molar-refractivity contribution in [2.45, 2.75) is 53.6 Å². The lowest BCUT2D eigenvalue weighted by Crippen LogP contribution is -2.35. The van der Waals surface area contributed by atoms with Gasteiger partial charge in [-0.1, -0.05) is 84.0 Å². The van der Waals surface area contributed by atoms with Crippen LogP contribution in [0.4, 0.5) is 11.4 Å². The summed E-state index contributed by atoms with van der Waals surface area (Å²) >= 11 is 0. The Balaban J connectivity index is 1.57. The van der Waals surface area contributed by atoms with Crippen LogP contribution in [0.5, 0.6) is 0 Å². The highest BCUT2D eigenvalue weighted by Crippen LogP contribution is 2.33. The number of amidine groups is 2. The van der Waals surface area contributed by atoms with E-state index in [1.165, 1.54) is 0 Å². The maximum Gasteiger partial charge on any atom is 0.154 e. The Kier molecular flexibility index (Phi) is 6.19. The summed E-state index contributed by atoms with van der Waals surface area (Å²) in [6, 6.07) is 27.7. The van der Waals surface area contributed by atoms with Crippen molar-refractivity contribution >= 4 is 23.0 Å². The fraction of sp³-hybridized carbons (Fsp3) is 0.387. The first-order valence-corrected chi connectivity index (χ1v) is 12.9. The van der Waals surface area contributed by atoms with Gasteiger partial charge in [-0.05, 0) is 47.2 Å². The Morgan fingerprint density at radius 2 is 0.944 bits per heavy atom. The minimum atomic E-state index is 0.0615. The van der Waals surface area contributed by atoms with E-state index in [0.717, 1.165) is 47.5 Å². The molecular formula is C31H37N5. The molecule has 3 aromatic rings. The molecular weight excluding hydrogens is 442 g/mol. The van der Waals surface area contributed by atoms with E-state index in [-0.39, 0.29) is 22.9 Å². The highest BCUT2D eigenvalue weighted by molar-refractivity contribution is 6.13. The Hall–Kier alpha value is -3.47. The minimum Gasteiger partial charge on any atom is -0.323 e. The number of hydrogen-bond donors (Lipinski definition) is 0. The van der Waals surface area contributed by atoms with Crippen LogP contribution in [-0.2, 0) is 0 Å². The zero-order chi connectivity index (χ0) is 25.5. The molecule has 0 saturated heterocycles. The van der Waals surface area contributed by atoms with E-state index in [4.69, 9.17) is 15.0 Å². The first-order chi connectivity index (χ1) is 17.1. The van der Waals surface area contributed by atoms with Crippen LogP contribution >= 0.6 is 0 Å². The number of anilines is 2. The molecule has 0 bridgehead atoms.